The fourth-order valence-corrected chi connectivity index (χ4v) is 11.0. The Morgan fingerprint density at radius 1 is 0.509 bits per heavy atom. The number of fused-ring (bicyclic) bond motifs is 4. The molecule has 1 spiro atoms. The Morgan fingerprint density at radius 3 is 1.72 bits per heavy atom. The van der Waals surface area contributed by atoms with Crippen molar-refractivity contribution >= 4 is 10.8 Å². The zero-order valence-corrected chi connectivity index (χ0v) is 29.1. The van der Waals surface area contributed by atoms with E-state index in [-0.39, 0.29) is 11.2 Å². The van der Waals surface area contributed by atoms with Crippen molar-refractivity contribution in [2.45, 2.75) is 37.5 Å². The van der Waals surface area contributed by atoms with Gasteiger partial charge in [0, 0.05) is 22.1 Å². The van der Waals surface area contributed by atoms with E-state index in [9.17, 15) is 9.65 Å². The molecule has 4 nitrogen and oxygen atoms in total. The van der Waals surface area contributed by atoms with E-state index >= 15 is 0 Å². The standard InChI is InChI=1S/C48H35FN4/c49-40-14-11-33(12-15-40)46-51-45(32-4-2-1-3-5-32)52-47(53-46)36-10-8-31-7-9-34(24-37(31)25-36)35-13-17-42-41-16-6-28(27-50)23-43(41)48(44(42)26-35)38-19-29-18-30(21-38)22-39(48)20-29/h1-17,23-26,29-30,38-39H,18-22H2. The predicted octanol–water partition coefficient (Wildman–Crippen LogP) is 11.4. The molecule has 6 aromatic carbocycles. The average molecular weight is 687 g/mol. The maximum atomic E-state index is 13.8. The van der Waals surface area contributed by atoms with Crippen molar-refractivity contribution in [3.63, 3.8) is 0 Å². The highest BCUT2D eigenvalue weighted by Gasteiger charge is 2.61. The molecule has 0 radical (unpaired) electrons. The Bertz CT molecular complexity index is 2630. The molecule has 1 aromatic heterocycles. The SMILES string of the molecule is N#Cc1ccc2c(c1)C1(c3cc(-c4ccc5ccc(-c6nc(-c7ccccc7)nc(-c7ccc(F)cc7)n6)cc5c4)ccc3-2)C2CC3CC(C2)CC1C3. The zero-order valence-electron chi connectivity index (χ0n) is 29.1. The number of benzene rings is 6. The van der Waals surface area contributed by atoms with Crippen LogP contribution in [0.3, 0.4) is 0 Å². The molecule has 5 aliphatic carbocycles. The van der Waals surface area contributed by atoms with Gasteiger partial charge in [-0.25, -0.2) is 19.3 Å². The summed E-state index contributed by atoms with van der Waals surface area (Å²) in [6.45, 7) is 0. The molecule has 0 unspecified atom stereocenters. The fourth-order valence-electron chi connectivity index (χ4n) is 11.0. The first-order chi connectivity index (χ1) is 26.0. The summed E-state index contributed by atoms with van der Waals surface area (Å²) in [5, 5.41) is 12.2. The van der Waals surface area contributed by atoms with Gasteiger partial charge in [0.05, 0.1) is 11.6 Å². The zero-order chi connectivity index (χ0) is 35.3. The lowest BCUT2D eigenvalue weighted by Crippen LogP contribution is -2.55. The second-order valence-electron chi connectivity index (χ2n) is 15.8. The van der Waals surface area contributed by atoms with Crippen LogP contribution in [-0.2, 0) is 5.41 Å². The monoisotopic (exact) mass is 686 g/mol. The normalized spacial score (nSPS) is 23.2. The first-order valence-electron chi connectivity index (χ1n) is 18.8. The van der Waals surface area contributed by atoms with Gasteiger partial charge in [-0.05, 0) is 155 Å². The van der Waals surface area contributed by atoms with Crippen LogP contribution in [-0.4, -0.2) is 15.0 Å². The molecule has 0 amide bonds. The van der Waals surface area contributed by atoms with Gasteiger partial charge >= 0.3 is 0 Å². The first-order valence-corrected chi connectivity index (χ1v) is 18.8. The molecule has 1 heterocycles. The highest BCUT2D eigenvalue weighted by molar-refractivity contribution is 5.92. The van der Waals surface area contributed by atoms with Gasteiger partial charge in [0.2, 0.25) is 0 Å². The van der Waals surface area contributed by atoms with Gasteiger partial charge in [0.1, 0.15) is 5.82 Å². The Morgan fingerprint density at radius 2 is 1.04 bits per heavy atom. The van der Waals surface area contributed by atoms with Crippen molar-refractivity contribution in [2.75, 3.05) is 0 Å². The molecule has 12 rings (SSSR count). The molecule has 0 N–H and O–H groups in total. The minimum atomic E-state index is -0.300. The molecule has 4 saturated carbocycles. The minimum Gasteiger partial charge on any atom is -0.208 e. The smallest absolute Gasteiger partial charge is 0.164 e. The van der Waals surface area contributed by atoms with E-state index in [4.69, 9.17) is 15.0 Å². The molecule has 0 aliphatic heterocycles. The van der Waals surface area contributed by atoms with Crippen molar-refractivity contribution in [1.29, 1.82) is 5.26 Å². The lowest BCUT2D eigenvalue weighted by Gasteiger charge is -2.61. The van der Waals surface area contributed by atoms with E-state index in [1.165, 1.54) is 77.6 Å². The number of nitrogens with zero attached hydrogens (tertiary/aromatic N) is 4. The molecule has 4 bridgehead atoms. The molecular formula is C48H35FN4. The van der Waals surface area contributed by atoms with Crippen LogP contribution in [0.2, 0.25) is 0 Å². The largest absolute Gasteiger partial charge is 0.208 e. The van der Waals surface area contributed by atoms with Crippen LogP contribution in [0.25, 0.3) is 67.2 Å². The second-order valence-corrected chi connectivity index (χ2v) is 15.8. The summed E-state index contributed by atoms with van der Waals surface area (Å²) in [5.41, 5.74) is 11.2. The van der Waals surface area contributed by atoms with Crippen molar-refractivity contribution in [3.8, 4) is 62.5 Å². The van der Waals surface area contributed by atoms with E-state index in [0.717, 1.165) is 44.9 Å². The third-order valence-corrected chi connectivity index (χ3v) is 13.0. The Labute approximate surface area is 308 Å². The topological polar surface area (TPSA) is 62.5 Å². The summed E-state index contributed by atoms with van der Waals surface area (Å²) in [7, 11) is 0. The van der Waals surface area contributed by atoms with Crippen molar-refractivity contribution in [3.05, 3.63) is 150 Å². The molecule has 7 aromatic rings. The quantitative estimate of drug-likeness (QED) is 0.185. The second kappa shape index (κ2) is 11.5. The summed E-state index contributed by atoms with van der Waals surface area (Å²) in [5.74, 6) is 4.31. The molecule has 0 saturated heterocycles. The first kappa shape index (κ1) is 30.6. The number of halogens is 1. The summed E-state index contributed by atoms with van der Waals surface area (Å²) in [4.78, 5) is 14.7. The summed E-state index contributed by atoms with van der Waals surface area (Å²) in [6, 6.07) is 45.4. The third kappa shape index (κ3) is 4.68. The molecule has 5 aliphatic rings. The Hall–Kier alpha value is -5.99. The van der Waals surface area contributed by atoms with Crippen molar-refractivity contribution < 1.29 is 4.39 Å². The van der Waals surface area contributed by atoms with Crippen LogP contribution in [0.5, 0.6) is 0 Å². The molecule has 5 heteroatoms. The van der Waals surface area contributed by atoms with Gasteiger partial charge < -0.3 is 0 Å². The molecular weight excluding hydrogens is 652 g/mol. The molecule has 53 heavy (non-hydrogen) atoms. The fraction of sp³-hybridized carbons (Fsp3) is 0.208. The van der Waals surface area contributed by atoms with Gasteiger partial charge in [0.15, 0.2) is 17.5 Å². The molecule has 254 valence electrons. The van der Waals surface area contributed by atoms with Crippen LogP contribution in [0.4, 0.5) is 4.39 Å². The van der Waals surface area contributed by atoms with Gasteiger partial charge in [0.25, 0.3) is 0 Å². The summed E-state index contributed by atoms with van der Waals surface area (Å²) >= 11 is 0. The summed E-state index contributed by atoms with van der Waals surface area (Å²) < 4.78 is 13.8. The maximum Gasteiger partial charge on any atom is 0.164 e. The van der Waals surface area contributed by atoms with E-state index in [2.05, 4.69) is 72.8 Å². The Kier molecular flexibility index (Phi) is 6.65. The third-order valence-electron chi connectivity index (χ3n) is 13.0. The van der Waals surface area contributed by atoms with Crippen molar-refractivity contribution in [2.24, 2.45) is 23.7 Å². The minimum absolute atomic E-state index is 0.0116. The number of aromatic nitrogens is 3. The van der Waals surface area contributed by atoms with E-state index in [1.807, 2.05) is 36.4 Å². The number of hydrogen-bond donors (Lipinski definition) is 0. The number of nitriles is 1. The lowest BCUT2D eigenvalue weighted by molar-refractivity contribution is -0.0399. The Balaban J connectivity index is 1.03. The van der Waals surface area contributed by atoms with E-state index in [1.54, 1.807) is 12.1 Å². The van der Waals surface area contributed by atoms with Gasteiger partial charge in [-0.1, -0.05) is 72.8 Å². The van der Waals surface area contributed by atoms with Crippen LogP contribution in [0.1, 0.15) is 48.8 Å². The van der Waals surface area contributed by atoms with Crippen LogP contribution >= 0.6 is 0 Å². The molecule has 4 fully saturated rings. The molecule has 0 atom stereocenters. The van der Waals surface area contributed by atoms with Gasteiger partial charge in [-0.2, -0.15) is 5.26 Å². The highest BCUT2D eigenvalue weighted by atomic mass is 19.1. The number of rotatable bonds is 4. The number of hydrogen-bond acceptors (Lipinski definition) is 4. The van der Waals surface area contributed by atoms with Crippen LogP contribution in [0, 0.1) is 40.8 Å². The van der Waals surface area contributed by atoms with Crippen LogP contribution in [0.15, 0.2) is 127 Å². The lowest BCUT2D eigenvalue weighted by atomic mass is 9.43. The average Bonchev–Trinajstić information content (AvgIpc) is 3.49. The van der Waals surface area contributed by atoms with E-state index in [0.29, 0.717) is 29.3 Å². The predicted molar refractivity (Wildman–Crippen MR) is 207 cm³/mol. The maximum absolute atomic E-state index is 13.8. The highest BCUT2D eigenvalue weighted by Crippen LogP contribution is 2.69. The summed E-state index contributed by atoms with van der Waals surface area (Å²) in [6.07, 6.45) is 6.62. The van der Waals surface area contributed by atoms with E-state index < -0.39 is 0 Å². The van der Waals surface area contributed by atoms with Crippen LogP contribution < -0.4 is 0 Å². The van der Waals surface area contributed by atoms with Gasteiger partial charge in [-0.15, -0.1) is 0 Å². The van der Waals surface area contributed by atoms with Crippen molar-refractivity contribution in [1.82, 2.24) is 15.0 Å². The van der Waals surface area contributed by atoms with Gasteiger partial charge in [-0.3, -0.25) is 0 Å².